The Labute approximate surface area is 207 Å². The molecule has 2 amide bonds. The highest BCUT2D eigenvalue weighted by molar-refractivity contribution is 6.30. The summed E-state index contributed by atoms with van der Waals surface area (Å²) in [6.45, 7) is 2.05. The molecule has 0 bridgehead atoms. The lowest BCUT2D eigenvalue weighted by molar-refractivity contribution is -0.130. The SMILES string of the molecule is CN1C(=O)C(C)(c2cccc(-c3cc(Cl)ccc3CNC(=O)c3cc4ccccc4[nH]3)c2)N=C1N. The van der Waals surface area contributed by atoms with Gasteiger partial charge < -0.3 is 16.0 Å². The van der Waals surface area contributed by atoms with Gasteiger partial charge in [-0.1, -0.05) is 54.1 Å². The topological polar surface area (TPSA) is 104 Å². The van der Waals surface area contributed by atoms with Crippen LogP contribution in [0.2, 0.25) is 5.02 Å². The third-order valence-electron chi connectivity index (χ3n) is 6.42. The molecule has 0 saturated heterocycles. The first kappa shape index (κ1) is 22.7. The van der Waals surface area contributed by atoms with Crippen LogP contribution in [0.15, 0.2) is 77.8 Å². The number of aliphatic imine (C=N–C) groups is 1. The fourth-order valence-electron chi connectivity index (χ4n) is 4.40. The largest absolute Gasteiger partial charge is 0.369 e. The van der Waals surface area contributed by atoms with Gasteiger partial charge in [0.2, 0.25) is 0 Å². The molecule has 4 aromatic rings. The first-order chi connectivity index (χ1) is 16.8. The average molecular weight is 486 g/mol. The van der Waals surface area contributed by atoms with Crippen molar-refractivity contribution < 1.29 is 9.59 Å². The molecule has 5 rings (SSSR count). The number of likely N-dealkylation sites (N-methyl/N-ethyl adjacent to an activating group) is 1. The minimum Gasteiger partial charge on any atom is -0.369 e. The zero-order valence-corrected chi connectivity index (χ0v) is 20.1. The van der Waals surface area contributed by atoms with Crippen LogP contribution in [0, 0.1) is 0 Å². The van der Waals surface area contributed by atoms with Crippen LogP contribution in [0.5, 0.6) is 0 Å². The van der Waals surface area contributed by atoms with Gasteiger partial charge in [-0.3, -0.25) is 14.5 Å². The molecule has 35 heavy (non-hydrogen) atoms. The molecule has 1 atom stereocenters. The lowest BCUT2D eigenvalue weighted by Crippen LogP contribution is -2.38. The summed E-state index contributed by atoms with van der Waals surface area (Å²) in [6, 6.07) is 22.7. The lowest BCUT2D eigenvalue weighted by atomic mass is 9.89. The van der Waals surface area contributed by atoms with E-state index in [2.05, 4.69) is 15.3 Å². The van der Waals surface area contributed by atoms with Crippen molar-refractivity contribution in [1.82, 2.24) is 15.2 Å². The molecule has 8 heteroatoms. The second-order valence-electron chi connectivity index (χ2n) is 8.74. The van der Waals surface area contributed by atoms with Gasteiger partial charge in [-0.05, 0) is 59.5 Å². The number of nitrogens with zero attached hydrogens (tertiary/aromatic N) is 2. The van der Waals surface area contributed by atoms with E-state index < -0.39 is 5.54 Å². The smallest absolute Gasteiger partial charge is 0.267 e. The van der Waals surface area contributed by atoms with E-state index in [0.717, 1.165) is 33.2 Å². The highest BCUT2D eigenvalue weighted by Crippen LogP contribution is 2.35. The van der Waals surface area contributed by atoms with Crippen LogP contribution in [0.25, 0.3) is 22.0 Å². The number of fused-ring (bicyclic) bond motifs is 1. The Morgan fingerprint density at radius 1 is 1.11 bits per heavy atom. The number of para-hydroxylation sites is 1. The molecule has 1 unspecified atom stereocenters. The first-order valence-corrected chi connectivity index (χ1v) is 11.5. The molecule has 0 spiro atoms. The molecule has 3 aromatic carbocycles. The quantitative estimate of drug-likeness (QED) is 0.389. The Morgan fingerprint density at radius 2 is 1.91 bits per heavy atom. The molecule has 4 N–H and O–H groups in total. The minimum atomic E-state index is -1.10. The molecular weight excluding hydrogens is 462 g/mol. The Bertz CT molecular complexity index is 1480. The van der Waals surface area contributed by atoms with Gasteiger partial charge in [0.1, 0.15) is 5.69 Å². The summed E-state index contributed by atoms with van der Waals surface area (Å²) >= 11 is 6.33. The van der Waals surface area contributed by atoms with E-state index >= 15 is 0 Å². The fourth-order valence-corrected chi connectivity index (χ4v) is 4.57. The summed E-state index contributed by atoms with van der Waals surface area (Å²) in [5.41, 5.74) is 9.54. The summed E-state index contributed by atoms with van der Waals surface area (Å²) < 4.78 is 0. The fraction of sp³-hybridized carbons (Fsp3) is 0.148. The van der Waals surface area contributed by atoms with Crippen LogP contribution in [0.3, 0.4) is 0 Å². The van der Waals surface area contributed by atoms with Crippen LogP contribution < -0.4 is 11.1 Å². The van der Waals surface area contributed by atoms with Gasteiger partial charge in [0, 0.05) is 29.5 Å². The molecule has 2 heterocycles. The average Bonchev–Trinajstić information content (AvgIpc) is 3.39. The summed E-state index contributed by atoms with van der Waals surface area (Å²) in [5.74, 6) is -0.206. The molecular formula is C27H24ClN5O2. The number of rotatable bonds is 5. The van der Waals surface area contributed by atoms with Crippen LogP contribution in [0.4, 0.5) is 0 Å². The molecule has 0 fully saturated rings. The van der Waals surface area contributed by atoms with Crippen molar-refractivity contribution in [2.24, 2.45) is 10.7 Å². The van der Waals surface area contributed by atoms with E-state index in [0.29, 0.717) is 17.3 Å². The summed E-state index contributed by atoms with van der Waals surface area (Å²) in [4.78, 5) is 34.6. The molecule has 0 aliphatic carbocycles. The number of carbonyl (C=O) groups excluding carboxylic acids is 2. The number of hydrogen-bond donors (Lipinski definition) is 3. The number of amides is 2. The van der Waals surface area contributed by atoms with Gasteiger partial charge in [0.15, 0.2) is 11.5 Å². The third-order valence-corrected chi connectivity index (χ3v) is 6.66. The predicted molar refractivity (Wildman–Crippen MR) is 138 cm³/mol. The second kappa shape index (κ2) is 8.60. The Hall–Kier alpha value is -4.10. The third kappa shape index (κ3) is 4.04. The van der Waals surface area contributed by atoms with Gasteiger partial charge in [-0.15, -0.1) is 0 Å². The van der Waals surface area contributed by atoms with E-state index in [9.17, 15) is 9.59 Å². The predicted octanol–water partition coefficient (Wildman–Crippen LogP) is 4.42. The highest BCUT2D eigenvalue weighted by atomic mass is 35.5. The summed E-state index contributed by atoms with van der Waals surface area (Å²) in [6.07, 6.45) is 0. The molecule has 1 aromatic heterocycles. The minimum absolute atomic E-state index is 0.186. The second-order valence-corrected chi connectivity index (χ2v) is 9.18. The highest BCUT2D eigenvalue weighted by Gasteiger charge is 2.43. The molecule has 176 valence electrons. The number of aromatic amines is 1. The number of H-pyrrole nitrogens is 1. The normalized spacial score (nSPS) is 17.6. The monoisotopic (exact) mass is 485 g/mol. The van der Waals surface area contributed by atoms with Crippen LogP contribution >= 0.6 is 11.6 Å². The van der Waals surface area contributed by atoms with E-state index in [-0.39, 0.29) is 17.8 Å². The molecule has 0 radical (unpaired) electrons. The van der Waals surface area contributed by atoms with Crippen LogP contribution in [-0.4, -0.2) is 34.7 Å². The van der Waals surface area contributed by atoms with Crippen molar-refractivity contribution in [3.8, 4) is 11.1 Å². The van der Waals surface area contributed by atoms with Crippen molar-refractivity contribution in [1.29, 1.82) is 0 Å². The maximum Gasteiger partial charge on any atom is 0.267 e. The summed E-state index contributed by atoms with van der Waals surface area (Å²) in [7, 11) is 1.61. The van der Waals surface area contributed by atoms with Crippen molar-refractivity contribution in [2.45, 2.75) is 19.0 Å². The van der Waals surface area contributed by atoms with Gasteiger partial charge >= 0.3 is 0 Å². The van der Waals surface area contributed by atoms with Crippen molar-refractivity contribution in [2.75, 3.05) is 7.05 Å². The van der Waals surface area contributed by atoms with Crippen molar-refractivity contribution >= 4 is 40.3 Å². The number of halogens is 1. The lowest BCUT2D eigenvalue weighted by Gasteiger charge is -2.21. The van der Waals surface area contributed by atoms with Crippen molar-refractivity contribution in [3.05, 3.63) is 94.6 Å². The zero-order valence-electron chi connectivity index (χ0n) is 19.3. The standard InChI is InChI=1S/C27H24ClN5O2/c1-27(25(35)33(2)26(29)32-27)19-8-5-7-16(12-19)21-14-20(28)11-10-18(21)15-30-24(34)23-13-17-6-3-4-9-22(17)31-23/h3-14,31H,15H2,1-2H3,(H2,29,32)(H,30,34). The van der Waals surface area contributed by atoms with E-state index in [4.69, 9.17) is 17.3 Å². The zero-order chi connectivity index (χ0) is 24.7. The van der Waals surface area contributed by atoms with E-state index in [1.807, 2.05) is 66.7 Å². The summed E-state index contributed by atoms with van der Waals surface area (Å²) in [5, 5.41) is 4.54. The number of nitrogens with one attached hydrogen (secondary N) is 2. The Kier molecular flexibility index (Phi) is 5.57. The van der Waals surface area contributed by atoms with Crippen LogP contribution in [0.1, 0.15) is 28.5 Å². The Morgan fingerprint density at radius 3 is 2.66 bits per heavy atom. The van der Waals surface area contributed by atoms with Gasteiger partial charge in [-0.25, -0.2) is 4.99 Å². The molecule has 7 nitrogen and oxygen atoms in total. The number of nitrogens with two attached hydrogens (primary N) is 1. The number of hydrogen-bond acceptors (Lipinski definition) is 4. The molecule has 1 aliphatic heterocycles. The molecule has 1 aliphatic rings. The van der Waals surface area contributed by atoms with Gasteiger partial charge in [0.25, 0.3) is 11.8 Å². The van der Waals surface area contributed by atoms with Gasteiger partial charge in [-0.2, -0.15) is 0 Å². The molecule has 0 saturated carbocycles. The van der Waals surface area contributed by atoms with Crippen LogP contribution in [-0.2, 0) is 16.9 Å². The van der Waals surface area contributed by atoms with E-state index in [1.165, 1.54) is 4.90 Å². The number of guanidine groups is 1. The maximum atomic E-state index is 12.8. The maximum absolute atomic E-state index is 12.8. The Balaban J connectivity index is 1.44. The van der Waals surface area contributed by atoms with Crippen molar-refractivity contribution in [3.63, 3.8) is 0 Å². The van der Waals surface area contributed by atoms with E-state index in [1.54, 1.807) is 20.0 Å². The first-order valence-electron chi connectivity index (χ1n) is 11.1. The number of carbonyl (C=O) groups is 2. The number of benzene rings is 3. The van der Waals surface area contributed by atoms with Gasteiger partial charge in [0.05, 0.1) is 0 Å². The number of aromatic nitrogens is 1.